The van der Waals surface area contributed by atoms with Gasteiger partial charge in [0.25, 0.3) is 0 Å². The van der Waals surface area contributed by atoms with Gasteiger partial charge in [0.1, 0.15) is 11.3 Å². The number of halogens is 3. The molecule has 2 aromatic rings. The Balaban J connectivity index is 2.63. The number of alkyl halides is 3. The van der Waals surface area contributed by atoms with Crippen molar-refractivity contribution in [1.82, 2.24) is 9.38 Å². The third-order valence-corrected chi connectivity index (χ3v) is 2.60. The van der Waals surface area contributed by atoms with Crippen molar-refractivity contribution in [2.24, 2.45) is 0 Å². The van der Waals surface area contributed by atoms with Crippen molar-refractivity contribution >= 4 is 11.6 Å². The largest absolute Gasteiger partial charge is 0.462 e. The lowest BCUT2D eigenvalue weighted by atomic mass is 10.3. The van der Waals surface area contributed by atoms with Gasteiger partial charge < -0.3 is 9.14 Å². The molecule has 0 spiro atoms. The maximum absolute atomic E-state index is 12.7. The van der Waals surface area contributed by atoms with Gasteiger partial charge in [-0.3, -0.25) is 0 Å². The molecule has 0 N–H and O–H groups in total. The Bertz CT molecular complexity index is 632. The van der Waals surface area contributed by atoms with Crippen LogP contribution in [0, 0.1) is 6.92 Å². The van der Waals surface area contributed by atoms with E-state index in [2.05, 4.69) is 4.98 Å². The highest BCUT2D eigenvalue weighted by Crippen LogP contribution is 2.29. The van der Waals surface area contributed by atoms with Gasteiger partial charge in [-0.2, -0.15) is 13.2 Å². The van der Waals surface area contributed by atoms with E-state index in [4.69, 9.17) is 4.74 Å². The van der Waals surface area contributed by atoms with Crippen molar-refractivity contribution in [3.05, 3.63) is 35.3 Å². The van der Waals surface area contributed by atoms with Gasteiger partial charge in [0.2, 0.25) is 0 Å². The van der Waals surface area contributed by atoms with Crippen LogP contribution in [0.3, 0.4) is 0 Å². The predicted octanol–water partition coefficient (Wildman–Crippen LogP) is 2.84. The van der Waals surface area contributed by atoms with E-state index in [1.165, 1.54) is 23.6 Å². The Labute approximate surface area is 106 Å². The zero-order valence-electron chi connectivity index (χ0n) is 10.3. The molecule has 7 heteroatoms. The molecule has 2 aromatic heterocycles. The summed E-state index contributed by atoms with van der Waals surface area (Å²) < 4.78 is 44.3. The van der Waals surface area contributed by atoms with Crippen molar-refractivity contribution in [1.29, 1.82) is 0 Å². The van der Waals surface area contributed by atoms with E-state index >= 15 is 0 Å². The van der Waals surface area contributed by atoms with Crippen molar-refractivity contribution < 1.29 is 22.7 Å². The Morgan fingerprint density at radius 2 is 2.16 bits per heavy atom. The second-order valence-electron chi connectivity index (χ2n) is 3.92. The fraction of sp³-hybridized carbons (Fsp3) is 0.333. The van der Waals surface area contributed by atoms with E-state index in [9.17, 15) is 18.0 Å². The lowest BCUT2D eigenvalue weighted by Gasteiger charge is -2.09. The van der Waals surface area contributed by atoms with Gasteiger partial charge in [0.15, 0.2) is 5.65 Å². The summed E-state index contributed by atoms with van der Waals surface area (Å²) in [5, 5.41) is 0. The van der Waals surface area contributed by atoms with Gasteiger partial charge in [-0.15, -0.1) is 0 Å². The number of ether oxygens (including phenoxy) is 1. The van der Waals surface area contributed by atoms with Gasteiger partial charge >= 0.3 is 12.1 Å². The number of rotatable bonds is 2. The summed E-state index contributed by atoms with van der Waals surface area (Å²) in [4.78, 5) is 15.1. The van der Waals surface area contributed by atoms with Crippen molar-refractivity contribution in [2.45, 2.75) is 20.0 Å². The first kappa shape index (κ1) is 13.4. The molecule has 19 heavy (non-hydrogen) atoms. The summed E-state index contributed by atoms with van der Waals surface area (Å²) in [6, 6.07) is 2.33. The average Bonchev–Trinajstić information content (AvgIpc) is 2.72. The summed E-state index contributed by atoms with van der Waals surface area (Å²) >= 11 is 0. The van der Waals surface area contributed by atoms with Crippen LogP contribution < -0.4 is 0 Å². The molecule has 0 aliphatic rings. The number of carbonyl (C=O) groups is 1. The van der Waals surface area contributed by atoms with Gasteiger partial charge in [0, 0.05) is 11.9 Å². The second kappa shape index (κ2) is 4.56. The zero-order chi connectivity index (χ0) is 14.2. The first-order chi connectivity index (χ1) is 8.84. The maximum Gasteiger partial charge on any atom is 0.433 e. The molecular formula is C12H11F3N2O2. The van der Waals surface area contributed by atoms with Gasteiger partial charge in [-0.25, -0.2) is 9.78 Å². The van der Waals surface area contributed by atoms with Gasteiger partial charge in [0.05, 0.1) is 6.61 Å². The maximum atomic E-state index is 12.7. The summed E-state index contributed by atoms with van der Waals surface area (Å²) in [5.41, 5.74) is -0.712. The number of esters is 1. The highest BCUT2D eigenvalue weighted by atomic mass is 19.4. The van der Waals surface area contributed by atoms with Crippen LogP contribution >= 0.6 is 0 Å². The molecule has 0 fully saturated rings. The Morgan fingerprint density at radius 3 is 2.74 bits per heavy atom. The molecule has 2 rings (SSSR count). The first-order valence-corrected chi connectivity index (χ1v) is 5.57. The van der Waals surface area contributed by atoms with E-state index in [0.29, 0.717) is 5.69 Å². The normalized spacial score (nSPS) is 11.8. The number of carbonyl (C=O) groups excluding carboxylic acids is 1. The van der Waals surface area contributed by atoms with E-state index in [-0.39, 0.29) is 17.8 Å². The standard InChI is InChI=1S/C12H11F3N2O2/c1-3-19-11(18)8-4-5-17-7(2)6-9(12(13,14)15)16-10(8)17/h4-6H,3H2,1-2H3. The first-order valence-electron chi connectivity index (χ1n) is 5.57. The molecule has 0 amide bonds. The van der Waals surface area contributed by atoms with E-state index in [1.807, 2.05) is 0 Å². The van der Waals surface area contributed by atoms with Gasteiger partial charge in [-0.05, 0) is 26.0 Å². The number of fused-ring (bicyclic) bond motifs is 1. The minimum absolute atomic E-state index is 0.0241. The molecule has 0 bridgehead atoms. The molecule has 0 aliphatic carbocycles. The molecule has 0 aromatic carbocycles. The Kier molecular flexibility index (Phi) is 3.21. The van der Waals surface area contributed by atoms with Crippen LogP contribution in [0.25, 0.3) is 5.65 Å². The topological polar surface area (TPSA) is 43.6 Å². The number of hydrogen-bond donors (Lipinski definition) is 0. The average molecular weight is 272 g/mol. The molecule has 0 unspecified atom stereocenters. The number of aromatic nitrogens is 2. The van der Waals surface area contributed by atoms with E-state index in [1.54, 1.807) is 6.92 Å². The Morgan fingerprint density at radius 1 is 1.47 bits per heavy atom. The van der Waals surface area contributed by atoms with Crippen LogP contribution in [0.5, 0.6) is 0 Å². The highest BCUT2D eigenvalue weighted by Gasteiger charge is 2.33. The Hall–Kier alpha value is -2.05. The number of aryl methyl sites for hydroxylation is 1. The molecular weight excluding hydrogens is 261 g/mol. The smallest absolute Gasteiger partial charge is 0.433 e. The molecule has 0 saturated carbocycles. The van der Waals surface area contributed by atoms with Crippen LogP contribution in [-0.4, -0.2) is 22.0 Å². The number of hydrogen-bond acceptors (Lipinski definition) is 3. The van der Waals surface area contributed by atoms with Crippen molar-refractivity contribution in [2.75, 3.05) is 6.61 Å². The quantitative estimate of drug-likeness (QED) is 0.789. The molecule has 0 atom stereocenters. The second-order valence-corrected chi connectivity index (χ2v) is 3.92. The molecule has 0 saturated heterocycles. The summed E-state index contributed by atoms with van der Waals surface area (Å²) in [6.07, 6.45) is -3.06. The fourth-order valence-corrected chi connectivity index (χ4v) is 1.75. The summed E-state index contributed by atoms with van der Waals surface area (Å²) in [5.74, 6) is -0.684. The van der Waals surface area contributed by atoms with Crippen LogP contribution in [0.15, 0.2) is 18.3 Å². The van der Waals surface area contributed by atoms with Crippen LogP contribution in [-0.2, 0) is 10.9 Å². The van der Waals surface area contributed by atoms with Crippen LogP contribution in [0.1, 0.15) is 28.7 Å². The SMILES string of the molecule is CCOC(=O)c1ccn2c(C)cc(C(F)(F)F)nc12. The molecule has 4 nitrogen and oxygen atoms in total. The predicted molar refractivity (Wildman–Crippen MR) is 60.9 cm³/mol. The van der Waals surface area contributed by atoms with Crippen LogP contribution in [0.2, 0.25) is 0 Å². The monoisotopic (exact) mass is 272 g/mol. The third kappa shape index (κ3) is 2.40. The molecule has 0 aliphatic heterocycles. The third-order valence-electron chi connectivity index (χ3n) is 2.60. The number of nitrogens with zero attached hydrogens (tertiary/aromatic N) is 2. The van der Waals surface area contributed by atoms with Crippen molar-refractivity contribution in [3.8, 4) is 0 Å². The molecule has 102 valence electrons. The van der Waals surface area contributed by atoms with E-state index < -0.39 is 17.8 Å². The highest BCUT2D eigenvalue weighted by molar-refractivity contribution is 5.96. The fourth-order valence-electron chi connectivity index (χ4n) is 1.75. The minimum atomic E-state index is -4.55. The minimum Gasteiger partial charge on any atom is -0.462 e. The lowest BCUT2D eigenvalue weighted by Crippen LogP contribution is -2.12. The van der Waals surface area contributed by atoms with E-state index in [0.717, 1.165) is 6.07 Å². The summed E-state index contributed by atoms with van der Waals surface area (Å²) in [6.45, 7) is 3.28. The zero-order valence-corrected chi connectivity index (χ0v) is 10.3. The molecule has 2 heterocycles. The van der Waals surface area contributed by atoms with Crippen LogP contribution in [0.4, 0.5) is 13.2 Å². The molecule has 0 radical (unpaired) electrons. The van der Waals surface area contributed by atoms with Crippen molar-refractivity contribution in [3.63, 3.8) is 0 Å². The lowest BCUT2D eigenvalue weighted by molar-refractivity contribution is -0.141. The summed E-state index contributed by atoms with van der Waals surface area (Å²) in [7, 11) is 0. The van der Waals surface area contributed by atoms with Gasteiger partial charge in [-0.1, -0.05) is 0 Å².